The molecule has 0 spiro atoms. The van der Waals surface area contributed by atoms with E-state index >= 15 is 0 Å². The maximum atomic E-state index is 12.2. The highest BCUT2D eigenvalue weighted by atomic mass is 35.5. The fourth-order valence-electron chi connectivity index (χ4n) is 2.43. The number of likely N-dealkylation sites (N-methyl/N-ethyl adjacent to an activating group) is 1. The van der Waals surface area contributed by atoms with Crippen LogP contribution in [-0.4, -0.2) is 42.3 Å². The van der Waals surface area contributed by atoms with Gasteiger partial charge in [-0.2, -0.15) is 0 Å². The number of rotatable bonds is 3. The average Bonchev–Trinajstić information content (AvgIpc) is 2.60. The number of fused-ring (bicyclic) bond motifs is 1. The molecule has 1 aromatic rings. The van der Waals surface area contributed by atoms with Crippen molar-refractivity contribution in [1.29, 1.82) is 0 Å². The third-order valence-corrected chi connectivity index (χ3v) is 3.66. The Balaban J connectivity index is 2.11. The Morgan fingerprint density at radius 2 is 2.38 bits per heavy atom. The number of aliphatic hydroxyl groups is 1. The first-order valence-corrected chi connectivity index (χ1v) is 7.47. The summed E-state index contributed by atoms with van der Waals surface area (Å²) in [6.45, 7) is 2.56. The smallest absolute Gasteiger partial charge is 0.317 e. The molecule has 6 heteroatoms. The average molecular weight is 313 g/mol. The molecule has 0 aliphatic carbocycles. The number of aliphatic hydroxyl groups excluding tert-OH is 1. The summed E-state index contributed by atoms with van der Waals surface area (Å²) in [5.41, 5.74) is 0.940. The van der Waals surface area contributed by atoms with Crippen LogP contribution in [0.4, 0.5) is 4.79 Å². The topological polar surface area (TPSA) is 61.8 Å². The van der Waals surface area contributed by atoms with Crippen LogP contribution in [0.25, 0.3) is 0 Å². The molecule has 1 aromatic carbocycles. The number of hydrogen-bond acceptors (Lipinski definition) is 3. The number of urea groups is 1. The zero-order chi connectivity index (χ0) is 15.4. The minimum Gasteiger partial charge on any atom is -0.493 e. The van der Waals surface area contributed by atoms with E-state index in [1.165, 1.54) is 4.90 Å². The number of halogens is 1. The number of nitrogens with zero attached hydrogens (tertiary/aromatic N) is 1. The molecule has 2 N–H and O–H groups in total. The van der Waals surface area contributed by atoms with Gasteiger partial charge in [-0.3, -0.25) is 0 Å². The fourth-order valence-corrected chi connectivity index (χ4v) is 2.60. The largest absolute Gasteiger partial charge is 0.493 e. The van der Waals surface area contributed by atoms with Gasteiger partial charge < -0.3 is 20.1 Å². The zero-order valence-corrected chi connectivity index (χ0v) is 13.1. The summed E-state index contributed by atoms with van der Waals surface area (Å²) in [5.74, 6) is 0.725. The minimum atomic E-state index is -0.552. The maximum absolute atomic E-state index is 12.2. The summed E-state index contributed by atoms with van der Waals surface area (Å²) in [6.07, 6.45) is 1.12. The van der Waals surface area contributed by atoms with Crippen molar-refractivity contribution in [2.75, 3.05) is 20.2 Å². The number of nitrogens with one attached hydrogen (secondary N) is 1. The molecule has 0 saturated heterocycles. The number of amides is 2. The van der Waals surface area contributed by atoms with Gasteiger partial charge in [-0.15, -0.1) is 0 Å². The molecule has 0 aromatic heterocycles. The minimum absolute atomic E-state index is 0.108. The quantitative estimate of drug-likeness (QED) is 0.901. The Labute approximate surface area is 129 Å². The van der Waals surface area contributed by atoms with E-state index in [1.54, 1.807) is 26.1 Å². The lowest BCUT2D eigenvalue weighted by molar-refractivity contribution is 0.142. The Kier molecular flexibility index (Phi) is 5.31. The van der Waals surface area contributed by atoms with E-state index < -0.39 is 6.10 Å². The second-order valence-corrected chi connectivity index (χ2v) is 5.84. The van der Waals surface area contributed by atoms with Crippen LogP contribution in [0.2, 0.25) is 5.02 Å². The normalized spacial score (nSPS) is 19.0. The highest BCUT2D eigenvalue weighted by Crippen LogP contribution is 2.33. The van der Waals surface area contributed by atoms with Crippen molar-refractivity contribution in [3.8, 4) is 5.75 Å². The van der Waals surface area contributed by atoms with E-state index in [9.17, 15) is 9.90 Å². The van der Waals surface area contributed by atoms with E-state index in [0.717, 1.165) is 24.2 Å². The van der Waals surface area contributed by atoms with Gasteiger partial charge in [-0.1, -0.05) is 17.7 Å². The molecule has 0 fully saturated rings. The molecule has 0 radical (unpaired) electrons. The van der Waals surface area contributed by atoms with E-state index in [4.69, 9.17) is 16.3 Å². The summed E-state index contributed by atoms with van der Waals surface area (Å²) in [5, 5.41) is 13.0. The Bertz CT molecular complexity index is 508. The van der Waals surface area contributed by atoms with Gasteiger partial charge in [0.1, 0.15) is 5.75 Å². The lowest BCUT2D eigenvalue weighted by Gasteiger charge is -2.24. The molecule has 21 heavy (non-hydrogen) atoms. The highest BCUT2D eigenvalue weighted by molar-refractivity contribution is 6.30. The maximum Gasteiger partial charge on any atom is 0.317 e. The van der Waals surface area contributed by atoms with Crippen LogP contribution in [0.15, 0.2) is 18.2 Å². The standard InChI is InChI=1S/C15H21ClN2O3/c1-10(19)9-18(2)15(20)17-13-4-3-7-21-14-8-11(16)5-6-12(13)14/h5-6,8,10,13,19H,3-4,7,9H2,1-2H3,(H,17,20). The van der Waals surface area contributed by atoms with Crippen molar-refractivity contribution < 1.29 is 14.6 Å². The van der Waals surface area contributed by atoms with Gasteiger partial charge >= 0.3 is 6.03 Å². The van der Waals surface area contributed by atoms with E-state index in [2.05, 4.69) is 5.32 Å². The fraction of sp³-hybridized carbons (Fsp3) is 0.533. The summed E-state index contributed by atoms with van der Waals surface area (Å²) in [7, 11) is 1.66. The number of carbonyl (C=O) groups excluding carboxylic acids is 1. The molecular weight excluding hydrogens is 292 g/mol. The van der Waals surface area contributed by atoms with Gasteiger partial charge in [-0.05, 0) is 31.9 Å². The Hall–Kier alpha value is -1.46. The lowest BCUT2D eigenvalue weighted by atomic mass is 10.0. The Morgan fingerprint density at radius 3 is 3.10 bits per heavy atom. The summed E-state index contributed by atoms with van der Waals surface area (Å²) in [6, 6.07) is 5.16. The molecule has 2 atom stereocenters. The summed E-state index contributed by atoms with van der Waals surface area (Å²) >= 11 is 5.99. The van der Waals surface area contributed by atoms with Crippen LogP contribution < -0.4 is 10.1 Å². The first kappa shape index (κ1) is 15.9. The van der Waals surface area contributed by atoms with Crippen molar-refractivity contribution in [1.82, 2.24) is 10.2 Å². The van der Waals surface area contributed by atoms with Crippen molar-refractivity contribution in [3.63, 3.8) is 0 Å². The highest BCUT2D eigenvalue weighted by Gasteiger charge is 2.23. The molecule has 2 unspecified atom stereocenters. The van der Waals surface area contributed by atoms with Crippen LogP contribution in [0.3, 0.4) is 0 Å². The van der Waals surface area contributed by atoms with E-state index in [0.29, 0.717) is 18.2 Å². The van der Waals surface area contributed by atoms with E-state index in [-0.39, 0.29) is 12.1 Å². The molecule has 1 heterocycles. The van der Waals surface area contributed by atoms with Gasteiger partial charge in [0.2, 0.25) is 0 Å². The summed E-state index contributed by atoms with van der Waals surface area (Å²) < 4.78 is 5.68. The van der Waals surface area contributed by atoms with Crippen molar-refractivity contribution in [3.05, 3.63) is 28.8 Å². The van der Waals surface area contributed by atoms with E-state index in [1.807, 2.05) is 6.07 Å². The van der Waals surface area contributed by atoms with Crippen molar-refractivity contribution >= 4 is 17.6 Å². The second-order valence-electron chi connectivity index (χ2n) is 5.40. The van der Waals surface area contributed by atoms with Crippen molar-refractivity contribution in [2.45, 2.75) is 31.9 Å². The lowest BCUT2D eigenvalue weighted by Crippen LogP contribution is -2.42. The number of ether oxygens (including phenoxy) is 1. The molecule has 2 amide bonds. The van der Waals surface area contributed by atoms with Gasteiger partial charge in [0.15, 0.2) is 0 Å². The van der Waals surface area contributed by atoms with Gasteiger partial charge in [0.25, 0.3) is 0 Å². The zero-order valence-electron chi connectivity index (χ0n) is 12.3. The first-order valence-electron chi connectivity index (χ1n) is 7.09. The molecular formula is C15H21ClN2O3. The van der Waals surface area contributed by atoms with Gasteiger partial charge in [-0.25, -0.2) is 4.79 Å². The van der Waals surface area contributed by atoms with Crippen LogP contribution in [0.5, 0.6) is 5.75 Å². The number of benzene rings is 1. The van der Waals surface area contributed by atoms with Crippen LogP contribution in [-0.2, 0) is 0 Å². The predicted octanol–water partition coefficient (Wildman–Crippen LogP) is 2.58. The molecule has 2 rings (SSSR count). The molecule has 5 nitrogen and oxygen atoms in total. The second kappa shape index (κ2) is 7.00. The number of carbonyl (C=O) groups is 1. The van der Waals surface area contributed by atoms with Gasteiger partial charge in [0.05, 0.1) is 18.8 Å². The monoisotopic (exact) mass is 312 g/mol. The molecule has 1 aliphatic heterocycles. The predicted molar refractivity (Wildman–Crippen MR) is 81.8 cm³/mol. The van der Waals surface area contributed by atoms with Crippen LogP contribution in [0.1, 0.15) is 31.4 Å². The third-order valence-electron chi connectivity index (χ3n) is 3.43. The van der Waals surface area contributed by atoms with Crippen molar-refractivity contribution in [2.24, 2.45) is 0 Å². The van der Waals surface area contributed by atoms with Crippen LogP contribution in [0, 0.1) is 0 Å². The molecule has 1 aliphatic rings. The first-order chi connectivity index (χ1) is 9.97. The molecule has 116 valence electrons. The van der Waals surface area contributed by atoms with Crippen LogP contribution >= 0.6 is 11.6 Å². The molecule has 0 bridgehead atoms. The SMILES string of the molecule is CC(O)CN(C)C(=O)NC1CCCOc2cc(Cl)ccc21. The summed E-state index contributed by atoms with van der Waals surface area (Å²) in [4.78, 5) is 13.7. The Morgan fingerprint density at radius 1 is 1.62 bits per heavy atom. The third kappa shape index (κ3) is 4.25. The van der Waals surface area contributed by atoms with Gasteiger partial charge in [0, 0.05) is 24.2 Å². The number of hydrogen-bond donors (Lipinski definition) is 2. The molecule has 0 saturated carbocycles.